The molecular formula is C4H6NNa2O6P. The molecule has 1 amide bonds. The number of hydrogen-bond donors (Lipinski definition) is 1. The molecule has 10 heteroatoms. The molecule has 0 saturated carbocycles. The third-order valence-electron chi connectivity index (χ3n) is 0.982. The smallest absolute Gasteiger partial charge is 0.805 e. The third kappa shape index (κ3) is 9.79. The molecule has 0 aromatic heterocycles. The summed E-state index contributed by atoms with van der Waals surface area (Å²) in [6.07, 6.45) is -0.701. The standard InChI is InChI=1S/C4H8NO6P.2Na/c6-3-5(8)2-1-4(7)12(9,10)11;;/h3,8H,1-2H2,(H2,9,10,11);;/q;2*+1/p-2. The van der Waals surface area contributed by atoms with Gasteiger partial charge in [-0.2, -0.15) is 0 Å². The maximum absolute atomic E-state index is 10.3. The second kappa shape index (κ2) is 9.47. The number of amides is 1. The van der Waals surface area contributed by atoms with E-state index in [1.54, 1.807) is 0 Å². The first-order chi connectivity index (χ1) is 5.38. The Hall–Kier alpha value is 1.25. The SMILES string of the molecule is O=CN(O)CCC(=O)P(=O)([O-])[O-].[Na+].[Na+]. The van der Waals surface area contributed by atoms with E-state index in [9.17, 15) is 23.9 Å². The van der Waals surface area contributed by atoms with Gasteiger partial charge in [-0.3, -0.25) is 14.8 Å². The fraction of sp³-hybridized carbons (Fsp3) is 0.500. The molecule has 0 spiro atoms. The van der Waals surface area contributed by atoms with Crippen molar-refractivity contribution in [2.24, 2.45) is 0 Å². The number of hydroxylamine groups is 2. The van der Waals surface area contributed by atoms with Crippen LogP contribution in [0.5, 0.6) is 0 Å². The van der Waals surface area contributed by atoms with Crippen LogP contribution in [0.25, 0.3) is 0 Å². The Balaban J connectivity index is -0.000000605. The molecule has 7 nitrogen and oxygen atoms in total. The third-order valence-corrected chi connectivity index (χ3v) is 1.82. The molecular weight excluding hydrogens is 235 g/mol. The van der Waals surface area contributed by atoms with E-state index in [0.29, 0.717) is 0 Å². The van der Waals surface area contributed by atoms with Crippen molar-refractivity contribution in [1.29, 1.82) is 0 Å². The summed E-state index contributed by atoms with van der Waals surface area (Å²) >= 11 is 0. The summed E-state index contributed by atoms with van der Waals surface area (Å²) < 4.78 is 9.97. The van der Waals surface area contributed by atoms with Crippen LogP contribution >= 0.6 is 7.60 Å². The molecule has 0 fully saturated rings. The molecule has 0 saturated heterocycles. The normalized spacial score (nSPS) is 9.36. The van der Waals surface area contributed by atoms with Crippen molar-refractivity contribution >= 4 is 19.5 Å². The van der Waals surface area contributed by atoms with Gasteiger partial charge in [-0.15, -0.1) is 0 Å². The number of carbonyl (C=O) groups excluding carboxylic acids is 2. The van der Waals surface area contributed by atoms with E-state index in [1.165, 1.54) is 0 Å². The molecule has 0 aromatic carbocycles. The maximum atomic E-state index is 10.3. The van der Waals surface area contributed by atoms with E-state index in [4.69, 9.17) is 5.21 Å². The number of hydrogen-bond acceptors (Lipinski definition) is 6. The van der Waals surface area contributed by atoms with Gasteiger partial charge in [0.05, 0.1) is 6.54 Å². The average Bonchev–Trinajstić information content (AvgIpc) is 1.97. The predicted molar refractivity (Wildman–Crippen MR) is 31.8 cm³/mol. The molecule has 0 rings (SSSR count). The molecule has 0 atom stereocenters. The molecule has 70 valence electrons. The predicted octanol–water partition coefficient (Wildman–Crippen LogP) is -8.33. The monoisotopic (exact) mass is 241 g/mol. The van der Waals surface area contributed by atoms with Gasteiger partial charge in [0, 0.05) is 14.0 Å². The molecule has 0 aliphatic rings. The van der Waals surface area contributed by atoms with Crippen molar-refractivity contribution in [2.75, 3.05) is 6.54 Å². The molecule has 1 N–H and O–H groups in total. The summed E-state index contributed by atoms with van der Waals surface area (Å²) in [5, 5.41) is 8.47. The van der Waals surface area contributed by atoms with Gasteiger partial charge in [-0.25, -0.2) is 5.06 Å². The van der Waals surface area contributed by atoms with Crippen LogP contribution in [0.1, 0.15) is 6.42 Å². The van der Waals surface area contributed by atoms with Gasteiger partial charge in [-0.1, -0.05) is 0 Å². The minimum absolute atomic E-state index is 0. The number of nitrogens with zero attached hydrogens (tertiary/aromatic N) is 1. The van der Waals surface area contributed by atoms with Crippen molar-refractivity contribution in [1.82, 2.24) is 5.06 Å². The van der Waals surface area contributed by atoms with Gasteiger partial charge >= 0.3 is 59.1 Å². The molecule has 0 heterocycles. The topological polar surface area (TPSA) is 121 Å². The van der Waals surface area contributed by atoms with Gasteiger partial charge in [0.25, 0.3) is 0 Å². The van der Waals surface area contributed by atoms with Crippen molar-refractivity contribution in [2.45, 2.75) is 6.42 Å². The molecule has 0 aliphatic carbocycles. The van der Waals surface area contributed by atoms with Gasteiger partial charge in [0.15, 0.2) is 5.52 Å². The molecule has 0 bridgehead atoms. The van der Waals surface area contributed by atoms with E-state index in [2.05, 4.69) is 0 Å². The Labute approximate surface area is 125 Å². The number of carbonyl (C=O) groups is 2. The number of rotatable bonds is 5. The summed E-state index contributed by atoms with van der Waals surface area (Å²) in [5.41, 5.74) is -1.52. The van der Waals surface area contributed by atoms with E-state index in [0.717, 1.165) is 0 Å². The quantitative estimate of drug-likeness (QED) is 0.168. The zero-order valence-corrected chi connectivity index (χ0v) is 12.8. The summed E-state index contributed by atoms with van der Waals surface area (Å²) in [6, 6.07) is 0. The average molecular weight is 241 g/mol. The van der Waals surface area contributed by atoms with Crippen LogP contribution in [0.15, 0.2) is 0 Å². The second-order valence-corrected chi connectivity index (χ2v) is 3.40. The Morgan fingerprint density at radius 1 is 1.43 bits per heavy atom. The van der Waals surface area contributed by atoms with E-state index >= 15 is 0 Å². The van der Waals surface area contributed by atoms with E-state index in [-0.39, 0.29) is 70.6 Å². The Morgan fingerprint density at radius 3 is 2.14 bits per heavy atom. The molecule has 0 unspecified atom stereocenters. The van der Waals surface area contributed by atoms with Crippen molar-refractivity contribution in [3.63, 3.8) is 0 Å². The van der Waals surface area contributed by atoms with Crippen molar-refractivity contribution in [3.05, 3.63) is 0 Å². The van der Waals surface area contributed by atoms with Gasteiger partial charge in [-0.05, 0) is 0 Å². The fourth-order valence-electron chi connectivity index (χ4n) is 0.400. The second-order valence-electron chi connectivity index (χ2n) is 1.91. The molecule has 0 aliphatic heterocycles. The molecule has 14 heavy (non-hydrogen) atoms. The van der Waals surface area contributed by atoms with Gasteiger partial charge in [0.2, 0.25) is 6.41 Å². The summed E-state index contributed by atoms with van der Waals surface area (Å²) in [4.78, 5) is 40.0. The van der Waals surface area contributed by atoms with Crippen LogP contribution in [0, 0.1) is 0 Å². The Bertz CT molecular complexity index is 230. The van der Waals surface area contributed by atoms with Gasteiger partial charge < -0.3 is 14.4 Å². The molecule has 0 radical (unpaired) electrons. The minimum atomic E-state index is -5.22. The van der Waals surface area contributed by atoms with E-state index < -0.39 is 26.1 Å². The summed E-state index contributed by atoms with van der Waals surface area (Å²) in [5.74, 6) is 0. The van der Waals surface area contributed by atoms with Crippen LogP contribution < -0.4 is 68.9 Å². The first-order valence-electron chi connectivity index (χ1n) is 2.84. The first kappa shape index (κ1) is 20.6. The zero-order chi connectivity index (χ0) is 9.78. The van der Waals surface area contributed by atoms with Crippen molar-refractivity contribution < 1.29 is 88.3 Å². The largest absolute Gasteiger partial charge is 1.00 e. The minimum Gasteiger partial charge on any atom is -0.805 e. The summed E-state index contributed by atoms with van der Waals surface area (Å²) in [6.45, 7) is -0.503. The van der Waals surface area contributed by atoms with Gasteiger partial charge in [0.1, 0.15) is 0 Å². The van der Waals surface area contributed by atoms with Crippen LogP contribution in [-0.2, 0) is 14.2 Å². The van der Waals surface area contributed by atoms with Crippen molar-refractivity contribution in [3.8, 4) is 0 Å². The van der Waals surface area contributed by atoms with Crippen LogP contribution in [-0.4, -0.2) is 28.7 Å². The first-order valence-corrected chi connectivity index (χ1v) is 4.38. The zero-order valence-electron chi connectivity index (χ0n) is 7.87. The van der Waals surface area contributed by atoms with Crippen LogP contribution in [0.4, 0.5) is 0 Å². The summed E-state index contributed by atoms with van der Waals surface area (Å²) in [7, 11) is -5.22. The van der Waals surface area contributed by atoms with Crippen LogP contribution in [0.2, 0.25) is 0 Å². The Morgan fingerprint density at radius 2 is 1.86 bits per heavy atom. The molecule has 0 aromatic rings. The van der Waals surface area contributed by atoms with E-state index in [1.807, 2.05) is 0 Å². The Kier molecular flexibility index (Phi) is 14.0. The fourth-order valence-corrected chi connectivity index (χ4v) is 0.774. The maximum Gasteiger partial charge on any atom is 1.00 e. The van der Waals surface area contributed by atoms with Crippen LogP contribution in [0.3, 0.4) is 0 Å².